The van der Waals surface area contributed by atoms with E-state index in [0.717, 1.165) is 11.4 Å². The van der Waals surface area contributed by atoms with E-state index in [0.29, 0.717) is 34.9 Å². The number of aromatic nitrogens is 5. The van der Waals surface area contributed by atoms with Crippen molar-refractivity contribution in [2.75, 3.05) is 26.1 Å². The first-order valence-electron chi connectivity index (χ1n) is 9.81. The molecule has 0 fully saturated rings. The first-order chi connectivity index (χ1) is 15.6. The van der Waals surface area contributed by atoms with Gasteiger partial charge in [-0.25, -0.2) is 19.6 Å². The maximum atomic E-state index is 12.9. The number of amides is 1. The second-order valence-electron chi connectivity index (χ2n) is 6.82. The number of benzene rings is 1. The second-order valence-corrected chi connectivity index (χ2v) is 7.67. The van der Waals surface area contributed by atoms with E-state index in [-0.39, 0.29) is 11.8 Å². The minimum Gasteiger partial charge on any atom is -0.494 e. The molecule has 3 heterocycles. The van der Waals surface area contributed by atoms with Gasteiger partial charge >= 0.3 is 0 Å². The molecule has 4 rings (SSSR count). The summed E-state index contributed by atoms with van der Waals surface area (Å²) in [5.74, 6) is 0.567. The number of anilines is 1. The molecule has 0 saturated heterocycles. The number of rotatable bonds is 9. The molecule has 0 aliphatic heterocycles. The number of nitrogens with zero attached hydrogens (tertiary/aromatic N) is 5. The smallest absolute Gasteiger partial charge is 0.267 e. The molecule has 0 bridgehead atoms. The number of fused-ring (bicyclic) bond motifs is 1. The van der Waals surface area contributed by atoms with Crippen LogP contribution in [0.3, 0.4) is 0 Å². The van der Waals surface area contributed by atoms with Crippen LogP contribution in [0.1, 0.15) is 12.1 Å². The summed E-state index contributed by atoms with van der Waals surface area (Å²) in [5, 5.41) is 10.2. The quantitative estimate of drug-likeness (QED) is 0.411. The SMILES string of the molecule is COCCC(Oc1ncnc2c1cnn2-c1ccccc1OC)C(=O)Nc1nc(C)cs1. The summed E-state index contributed by atoms with van der Waals surface area (Å²) in [6, 6.07) is 7.47. The molecule has 0 aliphatic rings. The van der Waals surface area contributed by atoms with Crippen molar-refractivity contribution in [3.63, 3.8) is 0 Å². The summed E-state index contributed by atoms with van der Waals surface area (Å²) in [5.41, 5.74) is 2.09. The van der Waals surface area contributed by atoms with Gasteiger partial charge in [0.15, 0.2) is 16.9 Å². The molecular weight excluding hydrogens is 432 g/mol. The lowest BCUT2D eigenvalue weighted by atomic mass is 10.2. The number of hydrogen-bond donors (Lipinski definition) is 1. The van der Waals surface area contributed by atoms with E-state index in [2.05, 4.69) is 25.4 Å². The molecule has 1 amide bonds. The van der Waals surface area contributed by atoms with E-state index >= 15 is 0 Å². The van der Waals surface area contributed by atoms with Crippen LogP contribution < -0.4 is 14.8 Å². The van der Waals surface area contributed by atoms with Crippen molar-refractivity contribution in [1.29, 1.82) is 0 Å². The molecule has 0 saturated carbocycles. The molecule has 1 aromatic carbocycles. The zero-order chi connectivity index (χ0) is 22.5. The van der Waals surface area contributed by atoms with E-state index in [1.54, 1.807) is 25.1 Å². The van der Waals surface area contributed by atoms with Gasteiger partial charge in [-0.15, -0.1) is 11.3 Å². The van der Waals surface area contributed by atoms with Gasteiger partial charge in [0.05, 0.1) is 25.6 Å². The van der Waals surface area contributed by atoms with Crippen LogP contribution in [0.15, 0.2) is 42.2 Å². The second kappa shape index (κ2) is 9.71. The molecule has 32 heavy (non-hydrogen) atoms. The summed E-state index contributed by atoms with van der Waals surface area (Å²) in [6.45, 7) is 2.20. The Balaban J connectivity index is 1.64. The first-order valence-corrected chi connectivity index (χ1v) is 10.7. The lowest BCUT2D eigenvalue weighted by molar-refractivity contribution is -0.123. The Bertz CT molecular complexity index is 1220. The predicted octanol–water partition coefficient (Wildman–Crippen LogP) is 3.01. The molecular formula is C21H22N6O4S. The van der Waals surface area contributed by atoms with Gasteiger partial charge in [0.1, 0.15) is 23.2 Å². The predicted molar refractivity (Wildman–Crippen MR) is 120 cm³/mol. The average Bonchev–Trinajstić information content (AvgIpc) is 3.42. The van der Waals surface area contributed by atoms with E-state index in [1.807, 2.05) is 36.6 Å². The molecule has 1 unspecified atom stereocenters. The van der Waals surface area contributed by atoms with Crippen LogP contribution in [0, 0.1) is 6.92 Å². The third-order valence-electron chi connectivity index (χ3n) is 4.62. The molecule has 166 valence electrons. The van der Waals surface area contributed by atoms with Gasteiger partial charge in [0.25, 0.3) is 5.91 Å². The Labute approximate surface area is 188 Å². The molecule has 11 heteroatoms. The van der Waals surface area contributed by atoms with Crippen molar-refractivity contribution in [2.45, 2.75) is 19.4 Å². The highest BCUT2D eigenvalue weighted by molar-refractivity contribution is 7.13. The summed E-state index contributed by atoms with van der Waals surface area (Å²) in [4.78, 5) is 25.7. The Hall–Kier alpha value is -3.57. The monoisotopic (exact) mass is 454 g/mol. The normalized spacial score (nSPS) is 12.0. The number of hydrogen-bond acceptors (Lipinski definition) is 9. The highest BCUT2D eigenvalue weighted by atomic mass is 32.1. The van der Waals surface area contributed by atoms with Crippen LogP contribution in [0.5, 0.6) is 11.6 Å². The number of thiazole rings is 1. The summed E-state index contributed by atoms with van der Waals surface area (Å²) >= 11 is 1.35. The molecule has 10 nitrogen and oxygen atoms in total. The Morgan fingerprint density at radius 1 is 1.25 bits per heavy atom. The van der Waals surface area contributed by atoms with Crippen molar-refractivity contribution in [1.82, 2.24) is 24.7 Å². The first kappa shape index (κ1) is 21.7. The van der Waals surface area contributed by atoms with Crippen LogP contribution >= 0.6 is 11.3 Å². The van der Waals surface area contributed by atoms with Gasteiger partial charge in [0, 0.05) is 18.9 Å². The van der Waals surface area contributed by atoms with E-state index in [1.165, 1.54) is 17.7 Å². The van der Waals surface area contributed by atoms with Crippen LogP contribution in [-0.4, -0.2) is 57.6 Å². The van der Waals surface area contributed by atoms with Crippen molar-refractivity contribution in [2.24, 2.45) is 0 Å². The van der Waals surface area contributed by atoms with Crippen LogP contribution in [0.25, 0.3) is 16.7 Å². The zero-order valence-corrected chi connectivity index (χ0v) is 18.6. The number of para-hydroxylation sites is 2. The third-order valence-corrected chi connectivity index (χ3v) is 5.50. The maximum Gasteiger partial charge on any atom is 0.267 e. The largest absolute Gasteiger partial charge is 0.494 e. The van der Waals surface area contributed by atoms with Crippen LogP contribution in [0.4, 0.5) is 5.13 Å². The fraction of sp³-hybridized carbons (Fsp3) is 0.286. The van der Waals surface area contributed by atoms with E-state index in [9.17, 15) is 4.79 Å². The fourth-order valence-electron chi connectivity index (χ4n) is 3.10. The van der Waals surface area contributed by atoms with Gasteiger partial charge < -0.3 is 14.2 Å². The molecule has 4 aromatic rings. The number of aryl methyl sites for hydroxylation is 1. The fourth-order valence-corrected chi connectivity index (χ4v) is 3.79. The summed E-state index contributed by atoms with van der Waals surface area (Å²) in [6.07, 6.45) is 2.47. The van der Waals surface area contributed by atoms with Gasteiger partial charge in [-0.2, -0.15) is 5.10 Å². The standard InChI is InChI=1S/C21H22N6O4S/c1-13-11-32-21(25-13)26-19(28)17(8-9-29-2)31-20-14-10-24-27(18(14)22-12-23-20)15-6-4-5-7-16(15)30-3/h4-7,10-12,17H,8-9H2,1-3H3,(H,25,26,28). The zero-order valence-electron chi connectivity index (χ0n) is 17.8. The molecule has 1 atom stereocenters. The van der Waals surface area contributed by atoms with Crippen molar-refractivity contribution < 1.29 is 19.0 Å². The molecule has 0 spiro atoms. The van der Waals surface area contributed by atoms with Gasteiger partial charge in [0.2, 0.25) is 5.88 Å². The minimum atomic E-state index is -0.841. The molecule has 3 aromatic heterocycles. The lowest BCUT2D eigenvalue weighted by Gasteiger charge is -2.17. The summed E-state index contributed by atoms with van der Waals surface area (Å²) < 4.78 is 18.3. The number of carbonyl (C=O) groups is 1. The van der Waals surface area contributed by atoms with Crippen molar-refractivity contribution in [3.8, 4) is 17.3 Å². The van der Waals surface area contributed by atoms with Crippen molar-refractivity contribution in [3.05, 3.63) is 47.9 Å². The highest BCUT2D eigenvalue weighted by Crippen LogP contribution is 2.28. The number of carbonyl (C=O) groups excluding carboxylic acids is 1. The van der Waals surface area contributed by atoms with E-state index < -0.39 is 6.10 Å². The van der Waals surface area contributed by atoms with Crippen molar-refractivity contribution >= 4 is 33.4 Å². The van der Waals surface area contributed by atoms with Gasteiger partial charge in [-0.3, -0.25) is 10.1 Å². The minimum absolute atomic E-state index is 0.253. The maximum absolute atomic E-state index is 12.9. The Kier molecular flexibility index (Phi) is 6.57. The Morgan fingerprint density at radius 2 is 2.09 bits per heavy atom. The van der Waals surface area contributed by atoms with E-state index in [4.69, 9.17) is 14.2 Å². The highest BCUT2D eigenvalue weighted by Gasteiger charge is 2.24. The summed E-state index contributed by atoms with van der Waals surface area (Å²) in [7, 11) is 3.16. The third kappa shape index (κ3) is 4.53. The molecule has 1 N–H and O–H groups in total. The topological polar surface area (TPSA) is 113 Å². The number of ether oxygens (including phenoxy) is 3. The number of nitrogens with one attached hydrogen (secondary N) is 1. The molecule has 0 aliphatic carbocycles. The van der Waals surface area contributed by atoms with Gasteiger partial charge in [-0.05, 0) is 19.1 Å². The van der Waals surface area contributed by atoms with Crippen LogP contribution in [-0.2, 0) is 9.53 Å². The van der Waals surface area contributed by atoms with Gasteiger partial charge in [-0.1, -0.05) is 12.1 Å². The Morgan fingerprint density at radius 3 is 2.84 bits per heavy atom. The van der Waals surface area contributed by atoms with Crippen LogP contribution in [0.2, 0.25) is 0 Å². The lowest BCUT2D eigenvalue weighted by Crippen LogP contribution is -2.34. The number of methoxy groups -OCH3 is 2. The average molecular weight is 455 g/mol. The molecule has 0 radical (unpaired) electrons.